The van der Waals surface area contributed by atoms with Crippen molar-refractivity contribution in [2.24, 2.45) is 0 Å². The Labute approximate surface area is 112 Å². The Hall–Kier alpha value is -1.98. The van der Waals surface area contributed by atoms with E-state index in [2.05, 4.69) is 15.3 Å². The Morgan fingerprint density at radius 2 is 2.05 bits per heavy atom. The number of unbranched alkanes of at least 4 members (excludes halogenated alkanes) is 1. The van der Waals surface area contributed by atoms with Crippen molar-refractivity contribution in [1.29, 1.82) is 0 Å². The lowest BCUT2D eigenvalue weighted by Crippen LogP contribution is -2.41. The maximum atomic E-state index is 12.0. The van der Waals surface area contributed by atoms with E-state index >= 15 is 0 Å². The second kappa shape index (κ2) is 6.82. The van der Waals surface area contributed by atoms with Gasteiger partial charge in [-0.05, 0) is 26.3 Å². The van der Waals surface area contributed by atoms with Crippen LogP contribution in [0.15, 0.2) is 6.07 Å². The number of carbonyl (C=O) groups excluding carboxylic acids is 1. The van der Waals surface area contributed by atoms with Gasteiger partial charge in [-0.3, -0.25) is 4.79 Å². The zero-order valence-electron chi connectivity index (χ0n) is 11.4. The fourth-order valence-corrected chi connectivity index (χ4v) is 1.73. The number of rotatable bonds is 6. The summed E-state index contributed by atoms with van der Waals surface area (Å²) in [5, 5.41) is 11.6. The summed E-state index contributed by atoms with van der Waals surface area (Å²) in [5.41, 5.74) is 0.880. The van der Waals surface area contributed by atoms with Gasteiger partial charge in [-0.2, -0.15) is 0 Å². The highest BCUT2D eigenvalue weighted by Gasteiger charge is 2.20. The summed E-state index contributed by atoms with van der Waals surface area (Å²) in [6.45, 7) is 5.42. The number of nitrogens with one attached hydrogen (secondary N) is 1. The summed E-state index contributed by atoms with van der Waals surface area (Å²) in [5.74, 6) is -1.01. The van der Waals surface area contributed by atoms with Crippen molar-refractivity contribution < 1.29 is 14.7 Å². The van der Waals surface area contributed by atoms with Gasteiger partial charge in [0.1, 0.15) is 17.6 Å². The highest BCUT2D eigenvalue weighted by molar-refractivity contribution is 5.95. The first-order valence-electron chi connectivity index (χ1n) is 6.30. The van der Waals surface area contributed by atoms with Crippen LogP contribution in [0, 0.1) is 13.8 Å². The molecular formula is C13H19N3O3. The molecule has 0 bridgehead atoms. The van der Waals surface area contributed by atoms with E-state index in [4.69, 9.17) is 5.11 Å². The molecule has 0 unspecified atom stereocenters. The zero-order valence-corrected chi connectivity index (χ0v) is 11.4. The maximum Gasteiger partial charge on any atom is 0.326 e. The number of carboxylic acid groups (broad SMARTS) is 1. The average molecular weight is 265 g/mol. The first kappa shape index (κ1) is 15.1. The lowest BCUT2D eigenvalue weighted by molar-refractivity contribution is -0.139. The Morgan fingerprint density at radius 3 is 2.58 bits per heavy atom. The molecule has 1 heterocycles. The van der Waals surface area contributed by atoms with Gasteiger partial charge in [-0.1, -0.05) is 19.8 Å². The second-order valence-corrected chi connectivity index (χ2v) is 4.45. The third-order valence-electron chi connectivity index (χ3n) is 2.65. The fourth-order valence-electron chi connectivity index (χ4n) is 1.73. The Balaban J connectivity index is 2.78. The standard InChI is InChI=1S/C13H19N3O3/c1-4-5-6-10(13(18)19)16-12(17)11-7-8(2)14-9(3)15-11/h7,10H,4-6H2,1-3H3,(H,16,17)(H,18,19)/t10-/m0/s1. The van der Waals surface area contributed by atoms with Crippen LogP contribution >= 0.6 is 0 Å². The van der Waals surface area contributed by atoms with Gasteiger partial charge < -0.3 is 10.4 Å². The number of aliphatic carboxylic acids is 1. The van der Waals surface area contributed by atoms with Crippen LogP contribution in [0.1, 0.15) is 48.2 Å². The van der Waals surface area contributed by atoms with Crippen molar-refractivity contribution in [1.82, 2.24) is 15.3 Å². The predicted molar refractivity (Wildman–Crippen MR) is 69.9 cm³/mol. The minimum Gasteiger partial charge on any atom is -0.480 e. The number of carboxylic acids is 1. The topological polar surface area (TPSA) is 92.2 Å². The number of hydrogen-bond acceptors (Lipinski definition) is 4. The summed E-state index contributed by atoms with van der Waals surface area (Å²) in [6, 6.07) is 0.671. The van der Waals surface area contributed by atoms with Gasteiger partial charge in [0.2, 0.25) is 0 Å². The van der Waals surface area contributed by atoms with Crippen molar-refractivity contribution in [2.75, 3.05) is 0 Å². The van der Waals surface area contributed by atoms with Crippen molar-refractivity contribution in [3.05, 3.63) is 23.3 Å². The molecule has 0 spiro atoms. The molecule has 1 amide bonds. The van der Waals surface area contributed by atoms with E-state index in [1.807, 2.05) is 6.92 Å². The van der Waals surface area contributed by atoms with E-state index in [-0.39, 0.29) is 5.69 Å². The molecule has 6 heteroatoms. The fraction of sp³-hybridized carbons (Fsp3) is 0.538. The van der Waals surface area contributed by atoms with Gasteiger partial charge in [0.05, 0.1) is 0 Å². The van der Waals surface area contributed by atoms with E-state index in [0.29, 0.717) is 17.9 Å². The van der Waals surface area contributed by atoms with E-state index in [1.165, 1.54) is 0 Å². The third-order valence-corrected chi connectivity index (χ3v) is 2.65. The highest BCUT2D eigenvalue weighted by atomic mass is 16.4. The molecule has 2 N–H and O–H groups in total. The van der Waals surface area contributed by atoms with Crippen molar-refractivity contribution >= 4 is 11.9 Å². The van der Waals surface area contributed by atoms with Crippen LogP contribution < -0.4 is 5.32 Å². The third kappa shape index (κ3) is 4.65. The smallest absolute Gasteiger partial charge is 0.326 e. The quantitative estimate of drug-likeness (QED) is 0.812. The van der Waals surface area contributed by atoms with E-state index < -0.39 is 17.9 Å². The molecule has 6 nitrogen and oxygen atoms in total. The summed E-state index contributed by atoms with van der Waals surface area (Å²) >= 11 is 0. The molecule has 1 rings (SSSR count). The van der Waals surface area contributed by atoms with Crippen LogP contribution in [-0.2, 0) is 4.79 Å². The monoisotopic (exact) mass is 265 g/mol. The lowest BCUT2D eigenvalue weighted by Gasteiger charge is -2.14. The lowest BCUT2D eigenvalue weighted by atomic mass is 10.1. The number of hydrogen-bond donors (Lipinski definition) is 2. The van der Waals surface area contributed by atoms with Crippen LogP contribution in [-0.4, -0.2) is 33.0 Å². The highest BCUT2D eigenvalue weighted by Crippen LogP contribution is 2.04. The normalized spacial score (nSPS) is 11.9. The molecule has 0 aromatic carbocycles. The molecule has 19 heavy (non-hydrogen) atoms. The first-order valence-corrected chi connectivity index (χ1v) is 6.30. The van der Waals surface area contributed by atoms with Crippen LogP contribution in [0.5, 0.6) is 0 Å². The Morgan fingerprint density at radius 1 is 1.37 bits per heavy atom. The van der Waals surface area contributed by atoms with Gasteiger partial charge in [0, 0.05) is 5.69 Å². The molecule has 0 saturated heterocycles. The van der Waals surface area contributed by atoms with Crippen LogP contribution in [0.3, 0.4) is 0 Å². The molecule has 1 atom stereocenters. The predicted octanol–water partition coefficient (Wildman–Crippen LogP) is 1.47. The second-order valence-electron chi connectivity index (χ2n) is 4.45. The molecule has 0 aliphatic rings. The molecule has 0 aliphatic heterocycles. The van der Waals surface area contributed by atoms with Gasteiger partial charge >= 0.3 is 5.97 Å². The summed E-state index contributed by atoms with van der Waals surface area (Å²) in [4.78, 5) is 31.1. The number of nitrogens with zero attached hydrogens (tertiary/aromatic N) is 2. The molecular weight excluding hydrogens is 246 g/mol. The van der Waals surface area contributed by atoms with Crippen LogP contribution in [0.2, 0.25) is 0 Å². The minimum absolute atomic E-state index is 0.202. The first-order chi connectivity index (χ1) is 8.93. The molecule has 1 aromatic rings. The Bertz CT molecular complexity index is 454. The molecule has 0 radical (unpaired) electrons. The SMILES string of the molecule is CCCC[C@H](NC(=O)c1cc(C)nc(C)n1)C(=O)O. The van der Waals surface area contributed by atoms with Crippen LogP contribution in [0.4, 0.5) is 0 Å². The van der Waals surface area contributed by atoms with E-state index in [1.54, 1.807) is 19.9 Å². The van der Waals surface area contributed by atoms with Crippen molar-refractivity contribution in [3.63, 3.8) is 0 Å². The van der Waals surface area contributed by atoms with Crippen molar-refractivity contribution in [2.45, 2.75) is 46.1 Å². The van der Waals surface area contributed by atoms with Crippen LogP contribution in [0.25, 0.3) is 0 Å². The summed E-state index contributed by atoms with van der Waals surface area (Å²) in [7, 11) is 0. The summed E-state index contributed by atoms with van der Waals surface area (Å²) < 4.78 is 0. The molecule has 104 valence electrons. The maximum absolute atomic E-state index is 12.0. The number of aryl methyl sites for hydroxylation is 2. The number of aromatic nitrogens is 2. The Kier molecular flexibility index (Phi) is 5.41. The van der Waals surface area contributed by atoms with Crippen molar-refractivity contribution in [3.8, 4) is 0 Å². The minimum atomic E-state index is -1.02. The number of amides is 1. The molecule has 0 saturated carbocycles. The average Bonchev–Trinajstić information content (AvgIpc) is 2.32. The van der Waals surface area contributed by atoms with Gasteiger partial charge in [-0.15, -0.1) is 0 Å². The van der Waals surface area contributed by atoms with E-state index in [0.717, 1.165) is 12.8 Å². The van der Waals surface area contributed by atoms with Gasteiger partial charge in [0.15, 0.2) is 0 Å². The zero-order chi connectivity index (χ0) is 14.4. The molecule has 0 aliphatic carbocycles. The largest absolute Gasteiger partial charge is 0.480 e. The molecule has 1 aromatic heterocycles. The molecule has 0 fully saturated rings. The van der Waals surface area contributed by atoms with Gasteiger partial charge in [0.25, 0.3) is 5.91 Å². The van der Waals surface area contributed by atoms with E-state index in [9.17, 15) is 9.59 Å². The number of carbonyl (C=O) groups is 2. The summed E-state index contributed by atoms with van der Waals surface area (Å²) in [6.07, 6.45) is 2.05. The van der Waals surface area contributed by atoms with Gasteiger partial charge in [-0.25, -0.2) is 14.8 Å².